The van der Waals surface area contributed by atoms with E-state index in [-0.39, 0.29) is 0 Å². The highest BCUT2D eigenvalue weighted by Gasteiger charge is 2.15. The molecule has 0 saturated heterocycles. The summed E-state index contributed by atoms with van der Waals surface area (Å²) in [4.78, 5) is 0. The van der Waals surface area contributed by atoms with Crippen molar-refractivity contribution in [2.45, 2.75) is 96.8 Å². The van der Waals surface area contributed by atoms with Crippen LogP contribution in [-0.2, 0) is 12.8 Å². The van der Waals surface area contributed by atoms with Gasteiger partial charge in [0.1, 0.15) is 0 Å². The number of hydrogen-bond donors (Lipinski definition) is 0. The molecule has 0 aliphatic heterocycles. The molecule has 0 N–H and O–H groups in total. The molecule has 0 nitrogen and oxygen atoms in total. The van der Waals surface area contributed by atoms with E-state index in [4.69, 9.17) is 0 Å². The fourth-order valence-electron chi connectivity index (χ4n) is 3.26. The molecule has 0 atom stereocenters. The third-order valence-electron chi connectivity index (χ3n) is 5.23. The van der Waals surface area contributed by atoms with Crippen LogP contribution in [0.2, 0.25) is 0 Å². The summed E-state index contributed by atoms with van der Waals surface area (Å²) in [5, 5.41) is 0. The minimum absolute atomic E-state index is 0.422. The standard InChI is InChI=1S/C22H37I/c1-8-21(4,5)13-9-11-19-15-17(2)20(18(3)16-19)12-10-14-22(6,7)23/h15-16H,8-14H2,1-7H3. The van der Waals surface area contributed by atoms with E-state index >= 15 is 0 Å². The lowest BCUT2D eigenvalue weighted by molar-refractivity contribution is 0.313. The Morgan fingerprint density at radius 1 is 0.870 bits per heavy atom. The normalized spacial score (nSPS) is 12.7. The smallest absolute Gasteiger partial charge is 0.0166 e. The van der Waals surface area contributed by atoms with Crippen LogP contribution in [0, 0.1) is 19.3 Å². The third-order valence-corrected chi connectivity index (χ3v) is 5.77. The van der Waals surface area contributed by atoms with Crippen LogP contribution in [0.5, 0.6) is 0 Å². The highest BCUT2D eigenvalue weighted by atomic mass is 127. The van der Waals surface area contributed by atoms with Gasteiger partial charge in [0.25, 0.3) is 0 Å². The minimum atomic E-state index is 0.422. The first-order valence-electron chi connectivity index (χ1n) is 9.32. The maximum absolute atomic E-state index is 2.57. The molecule has 0 heterocycles. The molecule has 0 aromatic heterocycles. The van der Waals surface area contributed by atoms with Crippen molar-refractivity contribution in [3.05, 3.63) is 34.4 Å². The summed E-state index contributed by atoms with van der Waals surface area (Å²) < 4.78 is 0.422. The molecular formula is C22H37I. The Balaban J connectivity index is 2.63. The van der Waals surface area contributed by atoms with Crippen molar-refractivity contribution in [3.8, 4) is 0 Å². The Kier molecular flexibility index (Phi) is 8.10. The molecular weight excluding hydrogens is 391 g/mol. The first-order chi connectivity index (χ1) is 10.5. The summed E-state index contributed by atoms with van der Waals surface area (Å²) in [5.41, 5.74) is 6.62. The number of alkyl halides is 1. The molecule has 0 saturated carbocycles. The maximum atomic E-state index is 2.57. The highest BCUT2D eigenvalue weighted by Crippen LogP contribution is 2.28. The van der Waals surface area contributed by atoms with E-state index in [1.807, 2.05) is 0 Å². The van der Waals surface area contributed by atoms with Gasteiger partial charge < -0.3 is 0 Å². The molecule has 0 spiro atoms. The topological polar surface area (TPSA) is 0 Å². The van der Waals surface area contributed by atoms with E-state index in [0.717, 1.165) is 0 Å². The van der Waals surface area contributed by atoms with Gasteiger partial charge in [0, 0.05) is 3.42 Å². The second-order valence-corrected chi connectivity index (χ2v) is 11.6. The monoisotopic (exact) mass is 428 g/mol. The van der Waals surface area contributed by atoms with Crippen molar-refractivity contribution in [2.75, 3.05) is 0 Å². The summed E-state index contributed by atoms with van der Waals surface area (Å²) >= 11 is 2.57. The summed E-state index contributed by atoms with van der Waals surface area (Å²) in [6.45, 7) is 16.3. The zero-order chi connectivity index (χ0) is 17.7. The van der Waals surface area contributed by atoms with Crippen LogP contribution in [-0.4, -0.2) is 3.42 Å². The van der Waals surface area contributed by atoms with Crippen LogP contribution < -0.4 is 0 Å². The molecule has 1 aromatic carbocycles. The molecule has 0 unspecified atom stereocenters. The van der Waals surface area contributed by atoms with Gasteiger partial charge >= 0.3 is 0 Å². The number of benzene rings is 1. The van der Waals surface area contributed by atoms with Gasteiger partial charge in [-0.15, -0.1) is 0 Å². The molecule has 1 rings (SSSR count). The van der Waals surface area contributed by atoms with E-state index < -0.39 is 0 Å². The minimum Gasteiger partial charge on any atom is -0.0795 e. The van der Waals surface area contributed by atoms with Gasteiger partial charge in [-0.25, -0.2) is 0 Å². The largest absolute Gasteiger partial charge is 0.0795 e. The Morgan fingerprint density at radius 2 is 1.39 bits per heavy atom. The summed E-state index contributed by atoms with van der Waals surface area (Å²) in [7, 11) is 0. The molecule has 0 fully saturated rings. The van der Waals surface area contributed by atoms with Crippen molar-refractivity contribution in [3.63, 3.8) is 0 Å². The Morgan fingerprint density at radius 3 is 1.87 bits per heavy atom. The first kappa shape index (κ1) is 21.0. The maximum Gasteiger partial charge on any atom is 0.0166 e. The molecule has 0 bridgehead atoms. The summed E-state index contributed by atoms with van der Waals surface area (Å²) in [6, 6.07) is 4.88. The molecule has 0 amide bonds. The molecule has 1 aromatic rings. The average Bonchev–Trinajstić information content (AvgIpc) is 2.40. The second-order valence-electron chi connectivity index (χ2n) is 8.65. The molecule has 132 valence electrons. The highest BCUT2D eigenvalue weighted by molar-refractivity contribution is 14.1. The van der Waals surface area contributed by atoms with Crippen molar-refractivity contribution in [2.24, 2.45) is 5.41 Å². The predicted octanol–water partition coefficient (Wildman–Crippen LogP) is 7.60. The average molecular weight is 428 g/mol. The zero-order valence-corrected chi connectivity index (χ0v) is 18.6. The SMILES string of the molecule is CCC(C)(C)CCCc1cc(C)c(CCCC(C)(C)I)c(C)c1. The van der Waals surface area contributed by atoms with E-state index in [2.05, 4.69) is 83.2 Å². The zero-order valence-electron chi connectivity index (χ0n) is 16.5. The van der Waals surface area contributed by atoms with Crippen LogP contribution in [0.25, 0.3) is 0 Å². The van der Waals surface area contributed by atoms with E-state index in [9.17, 15) is 0 Å². The van der Waals surface area contributed by atoms with Crippen molar-refractivity contribution >= 4 is 22.6 Å². The Labute approximate surface area is 159 Å². The van der Waals surface area contributed by atoms with Crippen LogP contribution in [0.4, 0.5) is 0 Å². The lowest BCUT2D eigenvalue weighted by atomic mass is 9.84. The van der Waals surface area contributed by atoms with Gasteiger partial charge in [0.05, 0.1) is 0 Å². The third kappa shape index (κ3) is 8.05. The first-order valence-corrected chi connectivity index (χ1v) is 10.4. The van der Waals surface area contributed by atoms with Crippen LogP contribution in [0.15, 0.2) is 12.1 Å². The van der Waals surface area contributed by atoms with Crippen molar-refractivity contribution < 1.29 is 0 Å². The van der Waals surface area contributed by atoms with Crippen LogP contribution in [0.3, 0.4) is 0 Å². The van der Waals surface area contributed by atoms with E-state index in [1.54, 1.807) is 5.56 Å². The molecule has 0 aliphatic rings. The fourth-order valence-corrected chi connectivity index (χ4v) is 3.64. The quantitative estimate of drug-likeness (QED) is 0.281. The lowest BCUT2D eigenvalue weighted by Crippen LogP contribution is -2.10. The van der Waals surface area contributed by atoms with Gasteiger partial charge in [-0.3, -0.25) is 0 Å². The second kappa shape index (κ2) is 8.87. The molecule has 23 heavy (non-hydrogen) atoms. The number of aryl methyl sites for hydroxylation is 3. The number of halogens is 1. The van der Waals surface area contributed by atoms with Gasteiger partial charge in [0.15, 0.2) is 0 Å². The van der Waals surface area contributed by atoms with Crippen LogP contribution >= 0.6 is 22.6 Å². The van der Waals surface area contributed by atoms with E-state index in [1.165, 1.54) is 61.6 Å². The van der Waals surface area contributed by atoms with Gasteiger partial charge in [-0.1, -0.05) is 75.8 Å². The lowest BCUT2D eigenvalue weighted by Gasteiger charge is -2.22. The predicted molar refractivity (Wildman–Crippen MR) is 114 cm³/mol. The molecule has 0 radical (unpaired) electrons. The molecule has 0 aliphatic carbocycles. The summed E-state index contributed by atoms with van der Waals surface area (Å²) in [6.07, 6.45) is 8.95. The van der Waals surface area contributed by atoms with Gasteiger partial charge in [-0.05, 0) is 80.0 Å². The number of hydrogen-bond acceptors (Lipinski definition) is 0. The Hall–Kier alpha value is -0.0500. The fraction of sp³-hybridized carbons (Fsp3) is 0.727. The van der Waals surface area contributed by atoms with Gasteiger partial charge in [-0.2, -0.15) is 0 Å². The van der Waals surface area contributed by atoms with Gasteiger partial charge in [0.2, 0.25) is 0 Å². The Bertz CT molecular complexity index is 468. The molecule has 1 heteroatoms. The van der Waals surface area contributed by atoms with Crippen molar-refractivity contribution in [1.29, 1.82) is 0 Å². The number of rotatable bonds is 9. The van der Waals surface area contributed by atoms with Crippen LogP contribution in [0.1, 0.15) is 89.0 Å². The van der Waals surface area contributed by atoms with E-state index in [0.29, 0.717) is 8.84 Å². The summed E-state index contributed by atoms with van der Waals surface area (Å²) in [5.74, 6) is 0. The van der Waals surface area contributed by atoms with Crippen molar-refractivity contribution in [1.82, 2.24) is 0 Å².